The van der Waals surface area contributed by atoms with Crippen LogP contribution in [-0.4, -0.2) is 75.5 Å². The lowest BCUT2D eigenvalue weighted by molar-refractivity contribution is 0.00866. The first kappa shape index (κ1) is 26.9. The smallest absolute Gasteiger partial charge is 0.191 e. The Labute approximate surface area is 184 Å². The molecule has 0 bridgehead atoms. The fourth-order valence-electron chi connectivity index (χ4n) is 3.34. The predicted molar refractivity (Wildman–Crippen MR) is 125 cm³/mol. The third-order valence-electron chi connectivity index (χ3n) is 4.91. The van der Waals surface area contributed by atoms with Gasteiger partial charge in [-0.2, -0.15) is 0 Å². The molecule has 0 amide bonds. The molecule has 0 saturated carbocycles. The number of morpholine rings is 1. The van der Waals surface area contributed by atoms with E-state index >= 15 is 0 Å². The summed E-state index contributed by atoms with van der Waals surface area (Å²) in [5, 5.41) is 6.85. The maximum atomic E-state index is 5.84. The summed E-state index contributed by atoms with van der Waals surface area (Å²) < 4.78 is 11.3. The van der Waals surface area contributed by atoms with Crippen LogP contribution < -0.4 is 10.6 Å². The molecule has 0 aliphatic carbocycles. The third-order valence-corrected chi connectivity index (χ3v) is 4.91. The fraction of sp³-hybridized carbons (Fsp3) is 0.950. The van der Waals surface area contributed by atoms with Crippen LogP contribution in [0.5, 0.6) is 0 Å². The molecule has 1 rings (SSSR count). The number of hydrogen-bond acceptors (Lipinski definition) is 4. The van der Waals surface area contributed by atoms with Crippen molar-refractivity contribution in [1.29, 1.82) is 0 Å². The van der Waals surface area contributed by atoms with Gasteiger partial charge in [-0.25, -0.2) is 0 Å². The normalized spacial score (nSPS) is 18.3. The highest BCUT2D eigenvalue weighted by Gasteiger charge is 2.23. The minimum Gasteiger partial charge on any atom is -0.379 e. The second-order valence-corrected chi connectivity index (χ2v) is 7.63. The molecule has 0 aromatic rings. The van der Waals surface area contributed by atoms with Gasteiger partial charge in [-0.1, -0.05) is 27.7 Å². The first-order chi connectivity index (χ1) is 12.5. The molecule has 1 heterocycles. The number of nitrogens with one attached hydrogen (secondary N) is 2. The standard InChI is InChI=1S/C20H42N4O2.HI/c1-7-21-20(22-10-9-19(17(5)6)26-8-2)23-15-18(16(3)4)24-11-13-25-14-12-24;/h16-19H,7-15H2,1-6H3,(H2,21,22,23);1H. The summed E-state index contributed by atoms with van der Waals surface area (Å²) in [6, 6.07) is 0.459. The molecule has 0 radical (unpaired) electrons. The highest BCUT2D eigenvalue weighted by molar-refractivity contribution is 14.0. The summed E-state index contributed by atoms with van der Waals surface area (Å²) in [4.78, 5) is 7.39. The van der Waals surface area contributed by atoms with E-state index in [9.17, 15) is 0 Å². The maximum Gasteiger partial charge on any atom is 0.191 e. The summed E-state index contributed by atoms with van der Waals surface area (Å²) >= 11 is 0. The Morgan fingerprint density at radius 3 is 2.26 bits per heavy atom. The van der Waals surface area contributed by atoms with Gasteiger partial charge >= 0.3 is 0 Å². The lowest BCUT2D eigenvalue weighted by Crippen LogP contribution is -2.48. The number of aliphatic imine (C=N–C) groups is 1. The van der Waals surface area contributed by atoms with Crippen molar-refractivity contribution >= 4 is 29.9 Å². The summed E-state index contributed by atoms with van der Waals surface area (Å²) in [7, 11) is 0. The van der Waals surface area contributed by atoms with E-state index in [0.717, 1.165) is 64.9 Å². The van der Waals surface area contributed by atoms with Crippen molar-refractivity contribution in [2.24, 2.45) is 16.8 Å². The molecule has 2 atom stereocenters. The molecule has 0 aromatic heterocycles. The number of halogens is 1. The lowest BCUT2D eigenvalue weighted by atomic mass is 10.0. The Balaban J connectivity index is 0.00000676. The minimum atomic E-state index is 0. The molecule has 2 unspecified atom stereocenters. The van der Waals surface area contributed by atoms with Gasteiger partial charge < -0.3 is 20.1 Å². The molecule has 1 aliphatic rings. The van der Waals surface area contributed by atoms with E-state index in [-0.39, 0.29) is 24.0 Å². The Morgan fingerprint density at radius 2 is 1.74 bits per heavy atom. The number of hydrogen-bond donors (Lipinski definition) is 2. The predicted octanol–water partition coefficient (Wildman–Crippen LogP) is 2.97. The van der Waals surface area contributed by atoms with E-state index in [1.165, 1.54) is 0 Å². The zero-order valence-electron chi connectivity index (χ0n) is 18.3. The van der Waals surface area contributed by atoms with Crippen molar-refractivity contribution in [3.8, 4) is 0 Å². The molecule has 1 saturated heterocycles. The maximum absolute atomic E-state index is 5.84. The summed E-state index contributed by atoms with van der Waals surface area (Å²) in [5.74, 6) is 2.01. The van der Waals surface area contributed by atoms with Gasteiger partial charge in [-0.3, -0.25) is 9.89 Å². The van der Waals surface area contributed by atoms with E-state index in [1.807, 2.05) is 0 Å². The van der Waals surface area contributed by atoms with Crippen LogP contribution in [0.25, 0.3) is 0 Å². The number of ether oxygens (including phenoxy) is 2. The highest BCUT2D eigenvalue weighted by atomic mass is 127. The van der Waals surface area contributed by atoms with Gasteiger partial charge in [0.05, 0.1) is 25.9 Å². The van der Waals surface area contributed by atoms with Crippen LogP contribution in [0, 0.1) is 11.8 Å². The SMILES string of the molecule is CCNC(=NCC(C(C)C)N1CCOCC1)NCCC(OCC)C(C)C.I. The Morgan fingerprint density at radius 1 is 1.07 bits per heavy atom. The van der Waals surface area contributed by atoms with E-state index in [1.54, 1.807) is 0 Å². The van der Waals surface area contributed by atoms with Gasteiger partial charge in [0.15, 0.2) is 5.96 Å². The molecular formula is C20H43IN4O2. The van der Waals surface area contributed by atoms with Gasteiger partial charge in [0, 0.05) is 38.8 Å². The second-order valence-electron chi connectivity index (χ2n) is 7.63. The van der Waals surface area contributed by atoms with Crippen LogP contribution in [0.15, 0.2) is 4.99 Å². The molecule has 162 valence electrons. The van der Waals surface area contributed by atoms with Gasteiger partial charge in [-0.05, 0) is 32.1 Å². The van der Waals surface area contributed by atoms with Gasteiger partial charge in [0.2, 0.25) is 0 Å². The van der Waals surface area contributed by atoms with E-state index in [4.69, 9.17) is 14.5 Å². The number of guanidine groups is 1. The topological polar surface area (TPSA) is 58.1 Å². The summed E-state index contributed by atoms with van der Waals surface area (Å²) in [6.07, 6.45) is 1.29. The van der Waals surface area contributed by atoms with Gasteiger partial charge in [-0.15, -0.1) is 24.0 Å². The van der Waals surface area contributed by atoms with Crippen molar-refractivity contribution in [2.45, 2.75) is 60.1 Å². The molecular weight excluding hydrogens is 455 g/mol. The first-order valence-corrected chi connectivity index (χ1v) is 10.4. The molecule has 7 heteroatoms. The van der Waals surface area contributed by atoms with Crippen molar-refractivity contribution < 1.29 is 9.47 Å². The molecule has 1 fully saturated rings. The first-order valence-electron chi connectivity index (χ1n) is 10.4. The van der Waals surface area contributed by atoms with Crippen LogP contribution in [0.3, 0.4) is 0 Å². The van der Waals surface area contributed by atoms with Gasteiger partial charge in [0.25, 0.3) is 0 Å². The average molecular weight is 498 g/mol. The van der Waals surface area contributed by atoms with Crippen LogP contribution in [0.4, 0.5) is 0 Å². The van der Waals surface area contributed by atoms with E-state index in [0.29, 0.717) is 24.0 Å². The van der Waals surface area contributed by atoms with Crippen LogP contribution >= 0.6 is 24.0 Å². The largest absolute Gasteiger partial charge is 0.379 e. The van der Waals surface area contributed by atoms with Crippen molar-refractivity contribution in [1.82, 2.24) is 15.5 Å². The highest BCUT2D eigenvalue weighted by Crippen LogP contribution is 2.13. The Kier molecular flexibility index (Phi) is 15.7. The molecule has 0 spiro atoms. The molecule has 27 heavy (non-hydrogen) atoms. The number of nitrogens with zero attached hydrogens (tertiary/aromatic N) is 2. The Hall–Kier alpha value is -0.120. The lowest BCUT2D eigenvalue weighted by Gasteiger charge is -2.36. The molecule has 2 N–H and O–H groups in total. The molecule has 1 aliphatic heterocycles. The molecule has 6 nitrogen and oxygen atoms in total. The van der Waals surface area contributed by atoms with Gasteiger partial charge in [0.1, 0.15) is 0 Å². The summed E-state index contributed by atoms with van der Waals surface area (Å²) in [5.41, 5.74) is 0. The second kappa shape index (κ2) is 15.8. The zero-order chi connectivity index (χ0) is 19.4. The third kappa shape index (κ3) is 10.9. The monoisotopic (exact) mass is 498 g/mol. The quantitative estimate of drug-likeness (QED) is 0.261. The van der Waals surface area contributed by atoms with Crippen molar-refractivity contribution in [3.63, 3.8) is 0 Å². The van der Waals surface area contributed by atoms with Crippen molar-refractivity contribution in [3.05, 3.63) is 0 Å². The number of rotatable bonds is 11. The zero-order valence-corrected chi connectivity index (χ0v) is 20.6. The van der Waals surface area contributed by atoms with E-state index < -0.39 is 0 Å². The fourth-order valence-corrected chi connectivity index (χ4v) is 3.34. The average Bonchev–Trinajstić information content (AvgIpc) is 2.61. The summed E-state index contributed by atoms with van der Waals surface area (Å²) in [6.45, 7) is 20.2. The Bertz CT molecular complexity index is 388. The van der Waals surface area contributed by atoms with Crippen molar-refractivity contribution in [2.75, 3.05) is 52.5 Å². The molecule has 0 aromatic carbocycles. The van der Waals surface area contributed by atoms with Crippen LogP contribution in [0.1, 0.15) is 48.0 Å². The van der Waals surface area contributed by atoms with Crippen LogP contribution in [0.2, 0.25) is 0 Å². The van der Waals surface area contributed by atoms with E-state index in [2.05, 4.69) is 57.1 Å². The minimum absolute atomic E-state index is 0. The van der Waals surface area contributed by atoms with Crippen LogP contribution in [-0.2, 0) is 9.47 Å².